The SMILES string of the molecule is C#Cc1cccc2cc([C@@H](C)NC(=O)c3c(N)nn4cccnc34)n(-c3ccccc3)c(=O)c12. The van der Waals surface area contributed by atoms with E-state index in [1.165, 1.54) is 4.52 Å². The van der Waals surface area contributed by atoms with Gasteiger partial charge in [0, 0.05) is 29.3 Å². The fraction of sp³-hybridized carbons (Fsp3) is 0.0769. The maximum absolute atomic E-state index is 13.7. The summed E-state index contributed by atoms with van der Waals surface area (Å²) in [7, 11) is 0. The number of pyridine rings is 1. The summed E-state index contributed by atoms with van der Waals surface area (Å²) >= 11 is 0. The van der Waals surface area contributed by atoms with Crippen molar-refractivity contribution in [3.05, 3.63) is 100 Å². The number of fused-ring (bicyclic) bond motifs is 2. The van der Waals surface area contributed by atoms with Crippen LogP contribution in [0.15, 0.2) is 77.9 Å². The number of terminal acetylenes is 1. The summed E-state index contributed by atoms with van der Waals surface area (Å²) in [6.07, 6.45) is 8.90. The zero-order valence-corrected chi connectivity index (χ0v) is 18.3. The number of nitrogens with two attached hydrogens (primary N) is 1. The number of aromatic nitrogens is 4. The summed E-state index contributed by atoms with van der Waals surface area (Å²) in [5.74, 6) is 2.23. The minimum Gasteiger partial charge on any atom is -0.381 e. The number of nitrogens with zero attached hydrogens (tertiary/aromatic N) is 4. The van der Waals surface area contributed by atoms with Gasteiger partial charge >= 0.3 is 0 Å². The van der Waals surface area contributed by atoms with E-state index in [0.29, 0.717) is 33.4 Å². The van der Waals surface area contributed by atoms with Crippen molar-refractivity contribution in [2.75, 3.05) is 5.73 Å². The van der Waals surface area contributed by atoms with Crippen molar-refractivity contribution < 1.29 is 4.79 Å². The number of carbonyl (C=O) groups excluding carboxylic acids is 1. The third-order valence-corrected chi connectivity index (χ3v) is 5.69. The van der Waals surface area contributed by atoms with Crippen LogP contribution < -0.4 is 16.6 Å². The summed E-state index contributed by atoms with van der Waals surface area (Å²) in [6, 6.07) is 17.6. The van der Waals surface area contributed by atoms with Crippen LogP contribution in [-0.4, -0.2) is 25.1 Å². The topological polar surface area (TPSA) is 107 Å². The zero-order valence-electron chi connectivity index (χ0n) is 18.3. The molecule has 0 unspecified atom stereocenters. The van der Waals surface area contributed by atoms with Crippen LogP contribution >= 0.6 is 0 Å². The van der Waals surface area contributed by atoms with Crippen molar-refractivity contribution in [2.24, 2.45) is 0 Å². The Bertz CT molecular complexity index is 1660. The summed E-state index contributed by atoms with van der Waals surface area (Å²) < 4.78 is 3.03. The first-order chi connectivity index (χ1) is 16.5. The van der Waals surface area contributed by atoms with Gasteiger partial charge in [0.25, 0.3) is 11.5 Å². The van der Waals surface area contributed by atoms with E-state index >= 15 is 0 Å². The van der Waals surface area contributed by atoms with Crippen LogP contribution in [0, 0.1) is 12.3 Å². The number of benzene rings is 2. The molecule has 0 radical (unpaired) electrons. The lowest BCUT2D eigenvalue weighted by Crippen LogP contribution is -2.32. The van der Waals surface area contributed by atoms with Crippen LogP contribution in [0.4, 0.5) is 5.82 Å². The van der Waals surface area contributed by atoms with Crippen LogP contribution in [0.5, 0.6) is 0 Å². The quantitative estimate of drug-likeness (QED) is 0.411. The number of amides is 1. The van der Waals surface area contributed by atoms with Gasteiger partial charge in [0.1, 0.15) is 5.56 Å². The third kappa shape index (κ3) is 3.36. The lowest BCUT2D eigenvalue weighted by Gasteiger charge is -2.21. The fourth-order valence-corrected chi connectivity index (χ4v) is 4.13. The number of anilines is 1. The van der Waals surface area contributed by atoms with Crippen molar-refractivity contribution >= 4 is 28.1 Å². The summed E-state index contributed by atoms with van der Waals surface area (Å²) in [6.45, 7) is 1.80. The number of hydrogen-bond donors (Lipinski definition) is 2. The molecule has 0 bridgehead atoms. The molecule has 0 spiro atoms. The monoisotopic (exact) mass is 448 g/mol. The van der Waals surface area contributed by atoms with Gasteiger partial charge in [-0.05, 0) is 42.6 Å². The van der Waals surface area contributed by atoms with Crippen LogP contribution in [0.25, 0.3) is 22.1 Å². The zero-order chi connectivity index (χ0) is 23.8. The molecule has 5 rings (SSSR count). The van der Waals surface area contributed by atoms with Gasteiger partial charge in [0.2, 0.25) is 0 Å². The van der Waals surface area contributed by atoms with Crippen molar-refractivity contribution in [3.8, 4) is 18.0 Å². The minimum atomic E-state index is -0.558. The highest BCUT2D eigenvalue weighted by molar-refractivity contribution is 6.04. The average Bonchev–Trinajstić information content (AvgIpc) is 3.19. The Morgan fingerprint density at radius 1 is 1.15 bits per heavy atom. The van der Waals surface area contributed by atoms with E-state index < -0.39 is 11.9 Å². The van der Waals surface area contributed by atoms with Crippen molar-refractivity contribution in [1.29, 1.82) is 0 Å². The molecule has 0 aliphatic heterocycles. The second-order valence-electron chi connectivity index (χ2n) is 7.80. The van der Waals surface area contributed by atoms with Gasteiger partial charge in [-0.1, -0.05) is 36.3 Å². The molecule has 5 aromatic rings. The molecule has 0 aliphatic rings. The third-order valence-electron chi connectivity index (χ3n) is 5.69. The molecule has 3 aromatic heterocycles. The van der Waals surface area contributed by atoms with Crippen molar-refractivity contribution in [1.82, 2.24) is 24.5 Å². The minimum absolute atomic E-state index is 0.0704. The highest BCUT2D eigenvalue weighted by Crippen LogP contribution is 2.24. The number of rotatable bonds is 4. The molecule has 1 atom stereocenters. The highest BCUT2D eigenvalue weighted by Gasteiger charge is 2.23. The van der Waals surface area contributed by atoms with E-state index in [2.05, 4.69) is 21.3 Å². The lowest BCUT2D eigenvalue weighted by atomic mass is 10.0. The first-order valence-corrected chi connectivity index (χ1v) is 10.6. The van der Waals surface area contributed by atoms with E-state index in [-0.39, 0.29) is 16.9 Å². The Balaban J connectivity index is 1.65. The Hall–Kier alpha value is -4.90. The largest absolute Gasteiger partial charge is 0.381 e. The van der Waals surface area contributed by atoms with Crippen molar-refractivity contribution in [2.45, 2.75) is 13.0 Å². The molecule has 166 valence electrons. The molecule has 0 saturated heterocycles. The molecule has 0 aliphatic carbocycles. The van der Waals surface area contributed by atoms with Crippen LogP contribution in [0.3, 0.4) is 0 Å². The van der Waals surface area contributed by atoms with Crippen LogP contribution in [0.1, 0.15) is 34.6 Å². The summed E-state index contributed by atoms with van der Waals surface area (Å²) in [4.78, 5) is 31.1. The van der Waals surface area contributed by atoms with Gasteiger partial charge in [-0.3, -0.25) is 14.2 Å². The Morgan fingerprint density at radius 3 is 2.71 bits per heavy atom. The second-order valence-corrected chi connectivity index (χ2v) is 7.80. The maximum atomic E-state index is 13.7. The van der Waals surface area contributed by atoms with Gasteiger partial charge in [0.05, 0.1) is 11.4 Å². The van der Waals surface area contributed by atoms with E-state index in [9.17, 15) is 9.59 Å². The average molecular weight is 448 g/mol. The molecule has 8 nitrogen and oxygen atoms in total. The molecule has 8 heteroatoms. The van der Waals surface area contributed by atoms with Crippen LogP contribution in [-0.2, 0) is 0 Å². The summed E-state index contributed by atoms with van der Waals surface area (Å²) in [5, 5.41) is 8.25. The second kappa shape index (κ2) is 8.22. The van der Waals surface area contributed by atoms with E-state index in [4.69, 9.17) is 12.2 Å². The molecular formula is C26H20N6O2. The number of hydrogen-bond acceptors (Lipinski definition) is 5. The summed E-state index contributed by atoms with van der Waals surface area (Å²) in [5.41, 5.74) is 8.05. The molecule has 1 amide bonds. The van der Waals surface area contributed by atoms with Gasteiger partial charge in [0.15, 0.2) is 11.5 Å². The Morgan fingerprint density at radius 2 is 1.94 bits per heavy atom. The van der Waals surface area contributed by atoms with Gasteiger partial charge in [-0.25, -0.2) is 9.50 Å². The molecule has 2 aromatic carbocycles. The van der Waals surface area contributed by atoms with Gasteiger partial charge in [-0.15, -0.1) is 11.5 Å². The smallest absolute Gasteiger partial charge is 0.264 e. The predicted octanol–water partition coefficient (Wildman–Crippen LogP) is 3.09. The number of nitrogens with one attached hydrogen (secondary N) is 1. The van der Waals surface area contributed by atoms with Gasteiger partial charge in [-0.2, -0.15) is 0 Å². The standard InChI is InChI=1S/C26H20N6O2/c1-3-17-9-7-10-18-15-20(32(26(34)21(17)18)19-11-5-4-6-12-19)16(2)29-25(33)22-23(27)30-31-14-8-13-28-24(22)31/h1,4-16H,2H3,(H2,27,30)(H,29,33)/t16-/m1/s1. The van der Waals surface area contributed by atoms with E-state index in [0.717, 1.165) is 0 Å². The van der Waals surface area contributed by atoms with Crippen LogP contribution in [0.2, 0.25) is 0 Å². The maximum Gasteiger partial charge on any atom is 0.264 e. The fourth-order valence-electron chi connectivity index (χ4n) is 4.13. The highest BCUT2D eigenvalue weighted by atomic mass is 16.2. The molecule has 3 N–H and O–H groups in total. The van der Waals surface area contributed by atoms with E-state index in [1.54, 1.807) is 36.0 Å². The molecular weight excluding hydrogens is 428 g/mol. The molecule has 3 heterocycles. The first-order valence-electron chi connectivity index (χ1n) is 10.6. The van der Waals surface area contributed by atoms with Gasteiger partial charge < -0.3 is 11.1 Å². The lowest BCUT2D eigenvalue weighted by molar-refractivity contribution is 0.0941. The Kier molecular flexibility index (Phi) is 5.07. The number of carbonyl (C=O) groups is 1. The molecule has 34 heavy (non-hydrogen) atoms. The molecule has 0 saturated carbocycles. The number of para-hydroxylation sites is 1. The molecule has 0 fully saturated rings. The van der Waals surface area contributed by atoms with Crippen molar-refractivity contribution in [3.63, 3.8) is 0 Å². The number of nitrogen functional groups attached to an aromatic ring is 1. The first kappa shape index (κ1) is 21.0. The normalized spacial score (nSPS) is 11.9. The predicted molar refractivity (Wildman–Crippen MR) is 131 cm³/mol. The van der Waals surface area contributed by atoms with E-state index in [1.807, 2.05) is 48.5 Å². The Labute approximate surface area is 194 Å².